The molecule has 0 fully saturated rings. The monoisotopic (exact) mass is 176 g/mol. The average Bonchev–Trinajstić information content (AvgIpc) is 2.50. The number of rotatable bonds is 0. The van der Waals surface area contributed by atoms with Crippen LogP contribution in [0.25, 0.3) is 10.9 Å². The van der Waals surface area contributed by atoms with E-state index in [1.807, 2.05) is 18.2 Å². The Bertz CT molecular complexity index is 425. The maximum atomic E-state index is 5.23. The average molecular weight is 176 g/mol. The number of fused-ring (bicyclic) bond motifs is 1. The van der Waals surface area contributed by atoms with E-state index in [-0.39, 0.29) is 13.5 Å². The van der Waals surface area contributed by atoms with Gasteiger partial charge >= 0.3 is 0 Å². The van der Waals surface area contributed by atoms with E-state index in [4.69, 9.17) is 6.42 Å². The summed E-state index contributed by atoms with van der Waals surface area (Å²) in [7, 11) is 0. The van der Waals surface area contributed by atoms with Gasteiger partial charge in [0, 0.05) is 10.9 Å². The number of H-pyrrole nitrogens is 1. The molecule has 0 spiro atoms. The van der Waals surface area contributed by atoms with Crippen LogP contribution in [0.4, 0.5) is 0 Å². The molecule has 0 unspecified atom stereocenters. The summed E-state index contributed by atoms with van der Waals surface area (Å²) in [5, 5.41) is 7.79. The number of hydrogen-bond donors (Lipinski definition) is 1. The lowest BCUT2D eigenvalue weighted by Gasteiger charge is -1.88. The largest absolute Gasteiger partial charge is 0.278 e. The second kappa shape index (κ2) is 3.33. The van der Waals surface area contributed by atoms with E-state index in [9.17, 15) is 0 Å². The summed E-state index contributed by atoms with van der Waals surface area (Å²) in [6.45, 7) is 0. The Kier molecular flexibility index (Phi) is 2.41. The number of nitrogens with one attached hydrogen (secondary N) is 1. The van der Waals surface area contributed by atoms with Gasteiger partial charge in [-0.3, -0.25) is 5.10 Å². The van der Waals surface area contributed by atoms with Crippen LogP contribution in [0, 0.1) is 12.3 Å². The minimum absolute atomic E-state index is 0. The summed E-state index contributed by atoms with van der Waals surface area (Å²) in [5.74, 6) is 2.57. The molecule has 3 heteroatoms. The normalized spacial score (nSPS) is 8.92. The quantitative estimate of drug-likeness (QED) is 0.607. The minimum Gasteiger partial charge on any atom is -0.278 e. The van der Waals surface area contributed by atoms with Crippen molar-refractivity contribution in [2.24, 2.45) is 0 Å². The summed E-state index contributed by atoms with van der Waals surface area (Å²) in [6.07, 6.45) is 6.99. The topological polar surface area (TPSA) is 28.7 Å². The van der Waals surface area contributed by atoms with E-state index in [0.717, 1.165) is 16.5 Å². The van der Waals surface area contributed by atoms with Gasteiger partial charge in [-0.25, -0.2) is 0 Å². The van der Waals surface area contributed by atoms with Crippen LogP contribution in [0.15, 0.2) is 24.4 Å². The number of nitrogens with zero attached hydrogens (tertiary/aromatic N) is 1. The predicted molar refractivity (Wildman–Crippen MR) is 54.4 cm³/mol. The third kappa shape index (κ3) is 1.29. The standard InChI is InChI=1S/C9H6N2.H2S/c1-2-7-3-4-9-8(5-7)6-10-11-9;/h1,3-6H,(H,10,11);1H2. The van der Waals surface area contributed by atoms with Gasteiger partial charge in [0.25, 0.3) is 0 Å². The Morgan fingerprint density at radius 3 is 3.00 bits per heavy atom. The van der Waals surface area contributed by atoms with Crippen molar-refractivity contribution in [2.45, 2.75) is 0 Å². The van der Waals surface area contributed by atoms with Crippen LogP contribution in [-0.2, 0) is 0 Å². The molecular weight excluding hydrogens is 168 g/mol. The predicted octanol–water partition coefficient (Wildman–Crippen LogP) is 1.66. The van der Waals surface area contributed by atoms with Gasteiger partial charge in [-0.2, -0.15) is 18.6 Å². The molecule has 1 N–H and O–H groups in total. The summed E-state index contributed by atoms with van der Waals surface area (Å²) < 4.78 is 0. The molecule has 0 aliphatic carbocycles. The lowest BCUT2D eigenvalue weighted by atomic mass is 10.2. The van der Waals surface area contributed by atoms with E-state index in [0.29, 0.717) is 0 Å². The maximum Gasteiger partial charge on any atom is 0.0651 e. The van der Waals surface area contributed by atoms with Crippen LogP contribution in [-0.4, -0.2) is 10.2 Å². The fourth-order valence-corrected chi connectivity index (χ4v) is 1.03. The van der Waals surface area contributed by atoms with Crippen molar-refractivity contribution in [3.63, 3.8) is 0 Å². The summed E-state index contributed by atoms with van der Waals surface area (Å²) in [4.78, 5) is 0. The molecule has 12 heavy (non-hydrogen) atoms. The lowest BCUT2D eigenvalue weighted by Crippen LogP contribution is -1.72. The minimum atomic E-state index is 0. The second-order valence-corrected chi connectivity index (χ2v) is 2.32. The van der Waals surface area contributed by atoms with Crippen LogP contribution in [0.3, 0.4) is 0 Å². The molecule has 0 bridgehead atoms. The van der Waals surface area contributed by atoms with Crippen molar-refractivity contribution in [3.8, 4) is 12.3 Å². The van der Waals surface area contributed by atoms with Crippen LogP contribution in [0.5, 0.6) is 0 Å². The van der Waals surface area contributed by atoms with E-state index in [1.165, 1.54) is 0 Å². The van der Waals surface area contributed by atoms with Gasteiger partial charge in [0.1, 0.15) is 0 Å². The van der Waals surface area contributed by atoms with Gasteiger partial charge in [0.2, 0.25) is 0 Å². The summed E-state index contributed by atoms with van der Waals surface area (Å²) >= 11 is 0. The van der Waals surface area contributed by atoms with Gasteiger partial charge in [0.05, 0.1) is 11.7 Å². The van der Waals surface area contributed by atoms with Crippen molar-refractivity contribution >= 4 is 24.4 Å². The second-order valence-electron chi connectivity index (χ2n) is 2.32. The molecule has 1 aromatic heterocycles. The Morgan fingerprint density at radius 1 is 1.42 bits per heavy atom. The number of aromatic amines is 1. The smallest absolute Gasteiger partial charge is 0.0651 e. The molecule has 0 aliphatic rings. The number of benzene rings is 1. The highest BCUT2D eigenvalue weighted by atomic mass is 32.1. The third-order valence-electron chi connectivity index (χ3n) is 1.61. The van der Waals surface area contributed by atoms with Crippen molar-refractivity contribution in [1.29, 1.82) is 0 Å². The Morgan fingerprint density at radius 2 is 2.25 bits per heavy atom. The first-order valence-corrected chi connectivity index (χ1v) is 3.30. The van der Waals surface area contributed by atoms with Crippen LogP contribution >= 0.6 is 13.5 Å². The first kappa shape index (κ1) is 8.69. The molecule has 1 aromatic carbocycles. The molecule has 0 atom stereocenters. The van der Waals surface area contributed by atoms with E-state index in [2.05, 4.69) is 16.1 Å². The molecule has 0 aliphatic heterocycles. The van der Waals surface area contributed by atoms with Crippen LogP contribution < -0.4 is 0 Å². The van der Waals surface area contributed by atoms with Crippen LogP contribution in [0.2, 0.25) is 0 Å². The Hall–Kier alpha value is -1.40. The first-order chi connectivity index (χ1) is 5.40. The van der Waals surface area contributed by atoms with Crippen LogP contribution in [0.1, 0.15) is 5.56 Å². The van der Waals surface area contributed by atoms with Gasteiger partial charge in [-0.05, 0) is 18.2 Å². The zero-order valence-electron chi connectivity index (χ0n) is 6.33. The van der Waals surface area contributed by atoms with Gasteiger partial charge < -0.3 is 0 Å². The van der Waals surface area contributed by atoms with E-state index < -0.39 is 0 Å². The molecule has 60 valence electrons. The van der Waals surface area contributed by atoms with E-state index >= 15 is 0 Å². The number of hydrogen-bond acceptors (Lipinski definition) is 1. The van der Waals surface area contributed by atoms with Crippen molar-refractivity contribution in [2.75, 3.05) is 0 Å². The highest BCUT2D eigenvalue weighted by Gasteiger charge is 1.93. The van der Waals surface area contributed by atoms with Gasteiger partial charge in [-0.15, -0.1) is 6.42 Å². The molecule has 2 rings (SSSR count). The van der Waals surface area contributed by atoms with Crippen molar-refractivity contribution in [3.05, 3.63) is 30.0 Å². The fourth-order valence-electron chi connectivity index (χ4n) is 1.03. The van der Waals surface area contributed by atoms with Gasteiger partial charge in [0.15, 0.2) is 0 Å². The molecule has 2 aromatic rings. The third-order valence-corrected chi connectivity index (χ3v) is 1.61. The summed E-state index contributed by atoms with van der Waals surface area (Å²) in [6, 6.07) is 5.75. The van der Waals surface area contributed by atoms with Crippen molar-refractivity contribution in [1.82, 2.24) is 10.2 Å². The highest BCUT2D eigenvalue weighted by Crippen LogP contribution is 2.11. The SMILES string of the molecule is C#Cc1ccc2[nH]ncc2c1.S. The molecule has 1 heterocycles. The van der Waals surface area contributed by atoms with E-state index in [1.54, 1.807) is 6.20 Å². The molecule has 2 nitrogen and oxygen atoms in total. The molecule has 0 saturated heterocycles. The Balaban J connectivity index is 0.000000720. The van der Waals surface area contributed by atoms with Gasteiger partial charge in [-0.1, -0.05) is 5.92 Å². The Labute approximate surface area is 77.4 Å². The molecule has 0 radical (unpaired) electrons. The molecule has 0 saturated carbocycles. The highest BCUT2D eigenvalue weighted by molar-refractivity contribution is 7.59. The number of aromatic nitrogens is 2. The zero-order chi connectivity index (χ0) is 7.68. The summed E-state index contributed by atoms with van der Waals surface area (Å²) in [5.41, 5.74) is 1.91. The zero-order valence-corrected chi connectivity index (χ0v) is 7.33. The van der Waals surface area contributed by atoms with Crippen molar-refractivity contribution < 1.29 is 0 Å². The lowest BCUT2D eigenvalue weighted by molar-refractivity contribution is 1.12. The molecular formula is C9H8N2S. The first-order valence-electron chi connectivity index (χ1n) is 3.30. The fraction of sp³-hybridized carbons (Fsp3) is 0. The number of terminal acetylenes is 1. The maximum absolute atomic E-state index is 5.23. The molecule has 0 amide bonds.